The normalized spacial score (nSPS) is 16.8. The van der Waals surface area contributed by atoms with Crippen molar-refractivity contribution in [3.05, 3.63) is 58.9 Å². The van der Waals surface area contributed by atoms with E-state index in [1.165, 1.54) is 18.2 Å². The smallest absolute Gasteiger partial charge is 0.253 e. The average Bonchev–Trinajstić information content (AvgIpc) is 2.94. The van der Waals surface area contributed by atoms with Crippen LogP contribution in [0.1, 0.15) is 16.8 Å². The van der Waals surface area contributed by atoms with Gasteiger partial charge >= 0.3 is 0 Å². The van der Waals surface area contributed by atoms with Crippen molar-refractivity contribution >= 4 is 23.4 Å². The maximum Gasteiger partial charge on any atom is 0.253 e. The van der Waals surface area contributed by atoms with E-state index in [9.17, 15) is 14.0 Å². The summed E-state index contributed by atoms with van der Waals surface area (Å²) in [6, 6.07) is 11.1. The Labute approximate surface area is 157 Å². The Morgan fingerprint density at radius 1 is 1.27 bits per heavy atom. The van der Waals surface area contributed by atoms with Gasteiger partial charge in [-0.15, -0.1) is 0 Å². The van der Waals surface area contributed by atoms with Crippen LogP contribution in [0.25, 0.3) is 11.1 Å². The van der Waals surface area contributed by atoms with Crippen molar-refractivity contribution < 1.29 is 14.0 Å². The van der Waals surface area contributed by atoms with E-state index in [1.807, 2.05) is 0 Å². The van der Waals surface area contributed by atoms with Gasteiger partial charge < -0.3 is 9.80 Å². The molecule has 1 unspecified atom stereocenters. The third kappa shape index (κ3) is 3.88. The molecular formula is C20H20ClFN2O2. The Hall–Kier alpha value is -2.40. The predicted octanol–water partition coefficient (Wildman–Crippen LogP) is 3.70. The van der Waals surface area contributed by atoms with Gasteiger partial charge in [0.2, 0.25) is 5.91 Å². The van der Waals surface area contributed by atoms with Gasteiger partial charge in [0.15, 0.2) is 0 Å². The predicted molar refractivity (Wildman–Crippen MR) is 99.6 cm³/mol. The number of hydrogen-bond acceptors (Lipinski definition) is 2. The van der Waals surface area contributed by atoms with E-state index in [2.05, 4.69) is 0 Å². The van der Waals surface area contributed by atoms with Crippen LogP contribution in [0.3, 0.4) is 0 Å². The highest BCUT2D eigenvalue weighted by Crippen LogP contribution is 2.29. The Balaban J connectivity index is 1.70. The van der Waals surface area contributed by atoms with Gasteiger partial charge in [-0.2, -0.15) is 0 Å². The zero-order valence-corrected chi connectivity index (χ0v) is 15.5. The number of rotatable bonds is 4. The Kier molecular flexibility index (Phi) is 5.28. The van der Waals surface area contributed by atoms with Crippen molar-refractivity contribution in [3.63, 3.8) is 0 Å². The molecule has 1 atom stereocenters. The third-order valence-corrected chi connectivity index (χ3v) is 5.00. The Morgan fingerprint density at radius 2 is 1.96 bits per heavy atom. The summed E-state index contributed by atoms with van der Waals surface area (Å²) in [7, 11) is 3.52. The number of benzene rings is 2. The van der Waals surface area contributed by atoms with E-state index in [0.717, 1.165) is 5.56 Å². The van der Waals surface area contributed by atoms with Crippen molar-refractivity contribution in [2.75, 3.05) is 27.2 Å². The molecule has 1 heterocycles. The van der Waals surface area contributed by atoms with Crippen LogP contribution in [0.4, 0.5) is 4.39 Å². The molecule has 1 aliphatic heterocycles. The highest BCUT2D eigenvalue weighted by Gasteiger charge is 2.28. The minimum Gasteiger partial charge on any atom is -0.345 e. The van der Waals surface area contributed by atoms with E-state index < -0.39 is 0 Å². The fourth-order valence-electron chi connectivity index (χ4n) is 3.28. The SMILES string of the molecule is CN1CC(CN(C)C(=O)c2ccc(-c3cc(F)ccc3Cl)cc2)CC1=O. The first kappa shape index (κ1) is 18.4. The Morgan fingerprint density at radius 3 is 2.58 bits per heavy atom. The molecule has 0 saturated carbocycles. The molecule has 2 aromatic rings. The first-order valence-electron chi connectivity index (χ1n) is 8.40. The average molecular weight is 375 g/mol. The molecule has 1 fully saturated rings. The highest BCUT2D eigenvalue weighted by molar-refractivity contribution is 6.33. The van der Waals surface area contributed by atoms with Crippen LogP contribution >= 0.6 is 11.6 Å². The first-order chi connectivity index (χ1) is 12.3. The van der Waals surface area contributed by atoms with E-state index in [4.69, 9.17) is 11.6 Å². The topological polar surface area (TPSA) is 40.6 Å². The maximum atomic E-state index is 13.4. The lowest BCUT2D eigenvalue weighted by Crippen LogP contribution is -2.32. The molecule has 0 aliphatic carbocycles. The van der Waals surface area contributed by atoms with Gasteiger partial charge in [0.1, 0.15) is 5.82 Å². The number of hydrogen-bond donors (Lipinski definition) is 0. The van der Waals surface area contributed by atoms with Crippen molar-refractivity contribution in [2.45, 2.75) is 6.42 Å². The number of likely N-dealkylation sites (tertiary alicyclic amines) is 1. The molecule has 0 N–H and O–H groups in total. The summed E-state index contributed by atoms with van der Waals surface area (Å²) in [6.45, 7) is 1.21. The summed E-state index contributed by atoms with van der Waals surface area (Å²) in [5, 5.41) is 0.456. The van der Waals surface area contributed by atoms with Gasteiger partial charge in [0.05, 0.1) is 0 Å². The van der Waals surface area contributed by atoms with E-state index in [-0.39, 0.29) is 23.5 Å². The van der Waals surface area contributed by atoms with Crippen LogP contribution in [-0.2, 0) is 4.79 Å². The van der Waals surface area contributed by atoms with Gasteiger partial charge in [-0.05, 0) is 35.9 Å². The molecule has 6 heteroatoms. The lowest BCUT2D eigenvalue weighted by Gasteiger charge is -2.21. The molecule has 0 bridgehead atoms. The molecular weight excluding hydrogens is 355 g/mol. The quantitative estimate of drug-likeness (QED) is 0.818. The minimum atomic E-state index is -0.361. The molecule has 2 aromatic carbocycles. The molecule has 4 nitrogen and oxygen atoms in total. The monoisotopic (exact) mass is 374 g/mol. The summed E-state index contributed by atoms with van der Waals surface area (Å²) in [4.78, 5) is 27.6. The van der Waals surface area contributed by atoms with E-state index in [1.54, 1.807) is 48.2 Å². The van der Waals surface area contributed by atoms with Crippen LogP contribution in [0.5, 0.6) is 0 Å². The van der Waals surface area contributed by atoms with Gasteiger partial charge in [-0.25, -0.2) is 4.39 Å². The fraction of sp³-hybridized carbons (Fsp3) is 0.300. The van der Waals surface area contributed by atoms with Crippen LogP contribution in [-0.4, -0.2) is 48.8 Å². The number of carbonyl (C=O) groups excluding carboxylic acids is 2. The van der Waals surface area contributed by atoms with Gasteiger partial charge in [0, 0.05) is 55.7 Å². The third-order valence-electron chi connectivity index (χ3n) is 4.67. The molecule has 0 spiro atoms. The van der Waals surface area contributed by atoms with Crippen LogP contribution in [0.2, 0.25) is 5.02 Å². The minimum absolute atomic E-state index is 0.108. The van der Waals surface area contributed by atoms with Crippen LogP contribution in [0, 0.1) is 11.7 Å². The van der Waals surface area contributed by atoms with Crippen LogP contribution in [0.15, 0.2) is 42.5 Å². The maximum absolute atomic E-state index is 13.4. The molecule has 0 radical (unpaired) electrons. The molecule has 136 valence electrons. The zero-order chi connectivity index (χ0) is 18.8. The summed E-state index contributed by atoms with van der Waals surface area (Å²) >= 11 is 6.13. The second kappa shape index (κ2) is 7.46. The summed E-state index contributed by atoms with van der Waals surface area (Å²) in [5.41, 5.74) is 1.88. The number of carbonyl (C=O) groups is 2. The van der Waals surface area contributed by atoms with Gasteiger partial charge in [-0.1, -0.05) is 23.7 Å². The van der Waals surface area contributed by atoms with Crippen molar-refractivity contribution in [1.29, 1.82) is 0 Å². The first-order valence-corrected chi connectivity index (χ1v) is 8.78. The summed E-state index contributed by atoms with van der Waals surface area (Å²) in [5.74, 6) is -0.191. The van der Waals surface area contributed by atoms with Gasteiger partial charge in [-0.3, -0.25) is 9.59 Å². The number of amides is 2. The lowest BCUT2D eigenvalue weighted by molar-refractivity contribution is -0.126. The molecule has 1 saturated heterocycles. The van der Waals surface area contributed by atoms with E-state index >= 15 is 0 Å². The lowest BCUT2D eigenvalue weighted by atomic mass is 10.0. The second-order valence-corrected chi connectivity index (χ2v) is 7.14. The summed E-state index contributed by atoms with van der Waals surface area (Å²) < 4.78 is 13.4. The molecule has 26 heavy (non-hydrogen) atoms. The molecule has 3 rings (SSSR count). The van der Waals surface area contributed by atoms with Crippen LogP contribution < -0.4 is 0 Å². The van der Waals surface area contributed by atoms with Crippen molar-refractivity contribution in [1.82, 2.24) is 9.80 Å². The number of nitrogens with zero attached hydrogens (tertiary/aromatic N) is 2. The number of halogens is 2. The zero-order valence-electron chi connectivity index (χ0n) is 14.7. The van der Waals surface area contributed by atoms with E-state index in [0.29, 0.717) is 35.7 Å². The molecule has 1 aliphatic rings. The second-order valence-electron chi connectivity index (χ2n) is 6.73. The molecule has 2 amide bonds. The largest absolute Gasteiger partial charge is 0.345 e. The van der Waals surface area contributed by atoms with Crippen molar-refractivity contribution in [3.8, 4) is 11.1 Å². The highest BCUT2D eigenvalue weighted by atomic mass is 35.5. The standard InChI is InChI=1S/C20H20ClFN2O2/c1-23-11-13(9-19(23)25)12-24(2)20(26)15-5-3-14(4-6-15)17-10-16(22)7-8-18(17)21/h3-8,10,13H,9,11-12H2,1-2H3. The summed E-state index contributed by atoms with van der Waals surface area (Å²) in [6.07, 6.45) is 0.477. The molecule has 0 aromatic heterocycles. The van der Waals surface area contributed by atoms with Gasteiger partial charge in [0.25, 0.3) is 5.91 Å². The fourth-order valence-corrected chi connectivity index (χ4v) is 3.51. The van der Waals surface area contributed by atoms with Crippen molar-refractivity contribution in [2.24, 2.45) is 5.92 Å². The Bertz CT molecular complexity index is 838.